The van der Waals surface area contributed by atoms with Gasteiger partial charge in [0.25, 0.3) is 0 Å². The third-order valence-corrected chi connectivity index (χ3v) is 5.64. The van der Waals surface area contributed by atoms with Gasteiger partial charge in [0.05, 0.1) is 11.3 Å². The Kier molecular flexibility index (Phi) is 3.57. The van der Waals surface area contributed by atoms with Gasteiger partial charge in [-0.05, 0) is 18.1 Å². The number of nitrogens with zero attached hydrogens (tertiary/aromatic N) is 1. The second-order valence-corrected chi connectivity index (χ2v) is 6.88. The predicted molar refractivity (Wildman–Crippen MR) is 94.7 cm³/mol. The number of hydrogen-bond acceptors (Lipinski definition) is 3. The Labute approximate surface area is 146 Å². The predicted octanol–water partition coefficient (Wildman–Crippen LogP) is 3.15. The number of carbonyl (C=O) groups is 3. The second-order valence-electron chi connectivity index (χ2n) is 6.88. The van der Waals surface area contributed by atoms with E-state index in [1.54, 1.807) is 24.1 Å². The van der Waals surface area contributed by atoms with Gasteiger partial charge in [0.2, 0.25) is 5.91 Å². The van der Waals surface area contributed by atoms with Crippen molar-refractivity contribution < 1.29 is 14.4 Å². The van der Waals surface area contributed by atoms with E-state index in [-0.39, 0.29) is 23.9 Å². The number of fused-ring (bicyclic) bond motifs is 3. The Morgan fingerprint density at radius 1 is 1.04 bits per heavy atom. The lowest BCUT2D eigenvalue weighted by Crippen LogP contribution is -2.57. The van der Waals surface area contributed by atoms with Gasteiger partial charge in [-0.15, -0.1) is 0 Å². The fourth-order valence-corrected chi connectivity index (χ4v) is 4.37. The maximum Gasteiger partial charge on any atom is 0.231 e. The molecule has 0 unspecified atom stereocenters. The molecule has 0 N–H and O–H groups in total. The molecule has 0 saturated heterocycles. The van der Waals surface area contributed by atoms with Crippen molar-refractivity contribution in [1.29, 1.82) is 0 Å². The van der Waals surface area contributed by atoms with Crippen LogP contribution in [0.5, 0.6) is 0 Å². The highest BCUT2D eigenvalue weighted by molar-refractivity contribution is 6.14. The van der Waals surface area contributed by atoms with E-state index < -0.39 is 11.3 Å². The molecule has 0 bridgehead atoms. The summed E-state index contributed by atoms with van der Waals surface area (Å²) in [5, 5.41) is 0. The molecular formula is C21H19NO3. The van der Waals surface area contributed by atoms with E-state index in [0.29, 0.717) is 18.4 Å². The lowest BCUT2D eigenvalue weighted by Gasteiger charge is -2.48. The standard InChI is InChI=1S/C21H19NO3/c1-22-18-10-6-5-9-16(18)21(19(24)14-7-3-2-4-8-14)12-11-15(23)13-17(21)20(22)25/h2-10,17H,11-13H2,1H3/t17-,21-/m1/s1. The molecule has 2 aromatic rings. The van der Waals surface area contributed by atoms with Crippen LogP contribution in [0.3, 0.4) is 0 Å². The Hall–Kier alpha value is -2.75. The van der Waals surface area contributed by atoms with Crippen LogP contribution < -0.4 is 4.90 Å². The van der Waals surface area contributed by atoms with Gasteiger partial charge in [0.1, 0.15) is 5.78 Å². The zero-order valence-electron chi connectivity index (χ0n) is 14.1. The average Bonchev–Trinajstić information content (AvgIpc) is 2.66. The summed E-state index contributed by atoms with van der Waals surface area (Å²) in [5.41, 5.74) is 1.27. The van der Waals surface area contributed by atoms with Gasteiger partial charge in [-0.3, -0.25) is 14.4 Å². The molecule has 2 aromatic carbocycles. The van der Waals surface area contributed by atoms with E-state index in [1.807, 2.05) is 42.5 Å². The molecule has 1 amide bonds. The Balaban J connectivity index is 1.97. The summed E-state index contributed by atoms with van der Waals surface area (Å²) in [6, 6.07) is 16.7. The number of anilines is 1. The molecule has 0 aromatic heterocycles. The molecule has 1 heterocycles. The molecule has 2 atom stereocenters. The quantitative estimate of drug-likeness (QED) is 0.793. The van der Waals surface area contributed by atoms with Gasteiger partial charge in [-0.25, -0.2) is 0 Å². The molecule has 2 aliphatic rings. The zero-order chi connectivity index (χ0) is 17.6. The van der Waals surface area contributed by atoms with Crippen molar-refractivity contribution >= 4 is 23.2 Å². The Morgan fingerprint density at radius 2 is 1.72 bits per heavy atom. The minimum atomic E-state index is -0.949. The molecule has 126 valence electrons. The molecule has 1 fully saturated rings. The van der Waals surface area contributed by atoms with Crippen LogP contribution in [0.1, 0.15) is 35.2 Å². The maximum absolute atomic E-state index is 13.6. The second kappa shape index (κ2) is 5.66. The summed E-state index contributed by atoms with van der Waals surface area (Å²) in [6.07, 6.45) is 0.858. The first-order valence-electron chi connectivity index (χ1n) is 8.54. The van der Waals surface area contributed by atoms with E-state index in [4.69, 9.17) is 0 Å². The number of carbonyl (C=O) groups excluding carboxylic acids is 3. The Bertz CT molecular complexity index is 874. The highest BCUT2D eigenvalue weighted by Gasteiger charge is 2.57. The fraction of sp³-hybridized carbons (Fsp3) is 0.286. The summed E-state index contributed by atoms with van der Waals surface area (Å²) in [6.45, 7) is 0. The van der Waals surface area contributed by atoms with Crippen LogP contribution in [0.4, 0.5) is 5.69 Å². The Morgan fingerprint density at radius 3 is 2.48 bits per heavy atom. The monoisotopic (exact) mass is 333 g/mol. The van der Waals surface area contributed by atoms with E-state index in [1.165, 1.54) is 0 Å². The van der Waals surface area contributed by atoms with Crippen LogP contribution in [-0.2, 0) is 15.0 Å². The minimum Gasteiger partial charge on any atom is -0.315 e. The van der Waals surface area contributed by atoms with Gasteiger partial charge in [-0.2, -0.15) is 0 Å². The van der Waals surface area contributed by atoms with E-state index >= 15 is 0 Å². The number of rotatable bonds is 2. The smallest absolute Gasteiger partial charge is 0.231 e. The van der Waals surface area contributed by atoms with Gasteiger partial charge in [-0.1, -0.05) is 48.5 Å². The summed E-state index contributed by atoms with van der Waals surface area (Å²) in [4.78, 5) is 40.3. The van der Waals surface area contributed by atoms with Crippen molar-refractivity contribution in [3.63, 3.8) is 0 Å². The molecule has 25 heavy (non-hydrogen) atoms. The summed E-state index contributed by atoms with van der Waals surface area (Å²) in [7, 11) is 1.72. The van der Waals surface area contributed by atoms with Crippen LogP contribution in [0.25, 0.3) is 0 Å². The third kappa shape index (κ3) is 2.17. The molecule has 4 heteroatoms. The van der Waals surface area contributed by atoms with Crippen LogP contribution >= 0.6 is 0 Å². The lowest BCUT2D eigenvalue weighted by molar-refractivity contribution is -0.132. The van der Waals surface area contributed by atoms with Crippen LogP contribution in [0.2, 0.25) is 0 Å². The molecule has 1 aliphatic carbocycles. The summed E-state index contributed by atoms with van der Waals surface area (Å²) >= 11 is 0. The van der Waals surface area contributed by atoms with Crippen molar-refractivity contribution in [2.45, 2.75) is 24.7 Å². The van der Waals surface area contributed by atoms with Crippen molar-refractivity contribution in [3.8, 4) is 0 Å². The minimum absolute atomic E-state index is 0.0560. The maximum atomic E-state index is 13.6. The average molecular weight is 333 g/mol. The number of amides is 1. The first-order chi connectivity index (χ1) is 12.1. The topological polar surface area (TPSA) is 54.5 Å². The van der Waals surface area contributed by atoms with Crippen LogP contribution in [0, 0.1) is 5.92 Å². The van der Waals surface area contributed by atoms with Gasteiger partial charge in [0, 0.05) is 31.1 Å². The van der Waals surface area contributed by atoms with Crippen molar-refractivity contribution in [3.05, 3.63) is 65.7 Å². The normalized spacial score (nSPS) is 25.3. The van der Waals surface area contributed by atoms with E-state index in [0.717, 1.165) is 11.3 Å². The largest absolute Gasteiger partial charge is 0.315 e. The molecule has 1 saturated carbocycles. The molecule has 0 radical (unpaired) electrons. The van der Waals surface area contributed by atoms with Crippen LogP contribution in [0.15, 0.2) is 54.6 Å². The fourth-order valence-electron chi connectivity index (χ4n) is 4.37. The number of para-hydroxylation sites is 1. The van der Waals surface area contributed by atoms with E-state index in [2.05, 4.69) is 0 Å². The van der Waals surface area contributed by atoms with Crippen LogP contribution in [-0.4, -0.2) is 24.5 Å². The molecule has 4 nitrogen and oxygen atoms in total. The lowest BCUT2D eigenvalue weighted by atomic mass is 9.56. The van der Waals surface area contributed by atoms with Crippen molar-refractivity contribution in [1.82, 2.24) is 0 Å². The highest BCUT2D eigenvalue weighted by atomic mass is 16.2. The van der Waals surface area contributed by atoms with Crippen molar-refractivity contribution in [2.24, 2.45) is 5.92 Å². The van der Waals surface area contributed by atoms with Gasteiger partial charge < -0.3 is 4.90 Å². The first kappa shape index (κ1) is 15.8. The van der Waals surface area contributed by atoms with Gasteiger partial charge >= 0.3 is 0 Å². The number of Topliss-reactive ketones (excluding diaryl/α,β-unsaturated/α-hetero) is 2. The molecule has 4 rings (SSSR count). The first-order valence-corrected chi connectivity index (χ1v) is 8.54. The van der Waals surface area contributed by atoms with Gasteiger partial charge in [0.15, 0.2) is 5.78 Å². The SMILES string of the molecule is CN1C(=O)[C@H]2CC(=O)CC[C@@]2(C(=O)c2ccccc2)c2ccccc21. The summed E-state index contributed by atoms with van der Waals surface area (Å²) in [5.74, 6) is -0.764. The molecular weight excluding hydrogens is 314 g/mol. The molecule has 0 spiro atoms. The zero-order valence-corrected chi connectivity index (χ0v) is 14.1. The third-order valence-electron chi connectivity index (χ3n) is 5.64. The highest BCUT2D eigenvalue weighted by Crippen LogP contribution is 2.51. The molecule has 1 aliphatic heterocycles. The summed E-state index contributed by atoms with van der Waals surface area (Å²) < 4.78 is 0. The number of ketones is 2. The van der Waals surface area contributed by atoms with E-state index in [9.17, 15) is 14.4 Å². The number of hydrogen-bond donors (Lipinski definition) is 0. The van der Waals surface area contributed by atoms with Crippen molar-refractivity contribution in [2.75, 3.05) is 11.9 Å². The number of benzene rings is 2.